The molecule has 0 radical (unpaired) electrons. The van der Waals surface area contributed by atoms with Gasteiger partial charge < -0.3 is 10.1 Å². The quantitative estimate of drug-likeness (QED) is 0.797. The molecule has 0 amide bonds. The highest BCUT2D eigenvalue weighted by Crippen LogP contribution is 2.21. The Hall–Kier alpha value is -0.470. The fourth-order valence-electron chi connectivity index (χ4n) is 1.92. The van der Waals surface area contributed by atoms with Crippen molar-refractivity contribution in [2.45, 2.75) is 36.6 Å². The summed E-state index contributed by atoms with van der Waals surface area (Å²) in [6.07, 6.45) is 1.97. The van der Waals surface area contributed by atoms with Crippen molar-refractivity contribution in [3.8, 4) is 0 Å². The number of ether oxygens (including phenoxy) is 1. The maximum Gasteiger partial charge on any atom is 0.250 e. The van der Waals surface area contributed by atoms with Gasteiger partial charge in [-0.15, -0.1) is 11.3 Å². The van der Waals surface area contributed by atoms with Crippen LogP contribution in [0.25, 0.3) is 0 Å². The third-order valence-corrected chi connectivity index (χ3v) is 5.98. The first-order valence-corrected chi connectivity index (χ1v) is 8.82. The van der Waals surface area contributed by atoms with Crippen LogP contribution in [0.4, 0.5) is 0 Å². The summed E-state index contributed by atoms with van der Waals surface area (Å²) < 4.78 is 32.6. The average molecular weight is 304 g/mol. The molecule has 0 bridgehead atoms. The molecular formula is C12H20N2O3S2. The second kappa shape index (κ2) is 6.81. The predicted octanol–water partition coefficient (Wildman–Crippen LogP) is 1.31. The van der Waals surface area contributed by atoms with Gasteiger partial charge in [0.25, 0.3) is 0 Å². The lowest BCUT2D eigenvalue weighted by atomic mass is 10.2. The lowest BCUT2D eigenvalue weighted by molar-refractivity contribution is 0.114. The second-order valence-corrected chi connectivity index (χ2v) is 7.65. The van der Waals surface area contributed by atoms with Crippen LogP contribution in [0.5, 0.6) is 0 Å². The number of rotatable bonds is 7. The molecule has 7 heteroatoms. The fourth-order valence-corrected chi connectivity index (χ4v) is 4.36. The van der Waals surface area contributed by atoms with Gasteiger partial charge >= 0.3 is 0 Å². The lowest BCUT2D eigenvalue weighted by Crippen LogP contribution is -2.31. The summed E-state index contributed by atoms with van der Waals surface area (Å²) in [5.41, 5.74) is 0. The molecule has 0 aliphatic carbocycles. The van der Waals surface area contributed by atoms with Crippen LogP contribution in [0.1, 0.15) is 24.6 Å². The van der Waals surface area contributed by atoms with Crippen LogP contribution in [-0.4, -0.2) is 34.2 Å². The molecule has 2 heterocycles. The molecule has 0 aromatic carbocycles. The zero-order chi connectivity index (χ0) is 13.7. The molecule has 5 nitrogen and oxygen atoms in total. The van der Waals surface area contributed by atoms with Crippen molar-refractivity contribution in [3.05, 3.63) is 17.0 Å². The molecule has 1 atom stereocenters. The minimum Gasteiger partial charge on any atom is -0.377 e. The summed E-state index contributed by atoms with van der Waals surface area (Å²) in [4.78, 5) is 1.03. The van der Waals surface area contributed by atoms with Crippen LogP contribution in [0.2, 0.25) is 0 Å². The highest BCUT2D eigenvalue weighted by Gasteiger charge is 2.21. The van der Waals surface area contributed by atoms with E-state index in [9.17, 15) is 8.42 Å². The average Bonchev–Trinajstić information content (AvgIpc) is 3.05. The van der Waals surface area contributed by atoms with Crippen LogP contribution < -0.4 is 10.0 Å². The molecule has 1 fully saturated rings. The van der Waals surface area contributed by atoms with E-state index in [1.807, 2.05) is 13.0 Å². The van der Waals surface area contributed by atoms with Crippen molar-refractivity contribution in [1.82, 2.24) is 10.0 Å². The summed E-state index contributed by atoms with van der Waals surface area (Å²) in [7, 11) is -3.39. The Bertz CT molecular complexity index is 493. The van der Waals surface area contributed by atoms with Crippen LogP contribution in [-0.2, 0) is 21.3 Å². The van der Waals surface area contributed by atoms with Gasteiger partial charge in [0, 0.05) is 24.6 Å². The number of hydrogen-bond donors (Lipinski definition) is 2. The Kier molecular flexibility index (Phi) is 5.35. The van der Waals surface area contributed by atoms with E-state index >= 15 is 0 Å². The molecule has 0 spiro atoms. The van der Waals surface area contributed by atoms with Gasteiger partial charge in [0.1, 0.15) is 4.21 Å². The Morgan fingerprint density at radius 1 is 1.47 bits per heavy atom. The minimum atomic E-state index is -3.39. The molecule has 1 aromatic rings. The van der Waals surface area contributed by atoms with Crippen LogP contribution in [0, 0.1) is 0 Å². The summed E-state index contributed by atoms with van der Waals surface area (Å²) in [5, 5.41) is 3.18. The smallest absolute Gasteiger partial charge is 0.250 e. The van der Waals surface area contributed by atoms with E-state index in [1.54, 1.807) is 6.07 Å². The van der Waals surface area contributed by atoms with Crippen LogP contribution in [0.15, 0.2) is 16.3 Å². The third-order valence-electron chi connectivity index (χ3n) is 2.98. The summed E-state index contributed by atoms with van der Waals surface area (Å²) >= 11 is 1.31. The van der Waals surface area contributed by atoms with Gasteiger partial charge in [-0.05, 0) is 31.5 Å². The van der Waals surface area contributed by atoms with Gasteiger partial charge in [-0.25, -0.2) is 13.1 Å². The van der Waals surface area contributed by atoms with Crippen LogP contribution >= 0.6 is 11.3 Å². The van der Waals surface area contributed by atoms with E-state index in [1.165, 1.54) is 11.3 Å². The first-order valence-electron chi connectivity index (χ1n) is 6.52. The normalized spacial score (nSPS) is 19.9. The summed E-state index contributed by atoms with van der Waals surface area (Å²) in [6, 6.07) is 3.52. The minimum absolute atomic E-state index is 0.0240. The Morgan fingerprint density at radius 2 is 2.32 bits per heavy atom. The molecule has 1 unspecified atom stereocenters. The van der Waals surface area contributed by atoms with Gasteiger partial charge in [-0.1, -0.05) is 6.92 Å². The standard InChI is InChI=1S/C12H20N2O3S2/c1-2-13-9-11-5-6-12(18-11)19(15,16)14-8-10-4-3-7-17-10/h5-6,10,13-14H,2-4,7-9H2,1H3. The van der Waals surface area contributed by atoms with E-state index in [0.29, 0.717) is 17.3 Å². The first-order chi connectivity index (χ1) is 9.12. The summed E-state index contributed by atoms with van der Waals surface area (Å²) in [6.45, 7) is 4.70. The molecule has 1 saturated heterocycles. The molecule has 1 aliphatic rings. The Morgan fingerprint density at radius 3 is 3.00 bits per heavy atom. The van der Waals surface area contributed by atoms with E-state index in [0.717, 1.165) is 30.9 Å². The lowest BCUT2D eigenvalue weighted by Gasteiger charge is -2.10. The van der Waals surface area contributed by atoms with Gasteiger partial charge in [0.15, 0.2) is 0 Å². The number of sulfonamides is 1. The molecule has 19 heavy (non-hydrogen) atoms. The van der Waals surface area contributed by atoms with E-state index < -0.39 is 10.0 Å². The van der Waals surface area contributed by atoms with Gasteiger partial charge in [0.2, 0.25) is 10.0 Å². The van der Waals surface area contributed by atoms with Crippen molar-refractivity contribution in [3.63, 3.8) is 0 Å². The number of thiophene rings is 1. The second-order valence-electron chi connectivity index (χ2n) is 4.49. The maximum absolute atomic E-state index is 12.1. The Balaban J connectivity index is 1.92. The van der Waals surface area contributed by atoms with E-state index in [4.69, 9.17) is 4.74 Å². The number of nitrogens with one attached hydrogen (secondary N) is 2. The molecular weight excluding hydrogens is 284 g/mol. The maximum atomic E-state index is 12.1. The first kappa shape index (κ1) is 14.9. The zero-order valence-corrected chi connectivity index (χ0v) is 12.6. The summed E-state index contributed by atoms with van der Waals surface area (Å²) in [5.74, 6) is 0. The largest absolute Gasteiger partial charge is 0.377 e. The highest BCUT2D eigenvalue weighted by molar-refractivity contribution is 7.91. The molecule has 2 rings (SSSR count). The predicted molar refractivity (Wildman–Crippen MR) is 75.9 cm³/mol. The third kappa shape index (κ3) is 4.25. The van der Waals surface area contributed by atoms with Crippen molar-refractivity contribution < 1.29 is 13.2 Å². The van der Waals surface area contributed by atoms with Crippen molar-refractivity contribution in [2.24, 2.45) is 0 Å². The van der Waals surface area contributed by atoms with Crippen molar-refractivity contribution in [2.75, 3.05) is 19.7 Å². The molecule has 2 N–H and O–H groups in total. The van der Waals surface area contributed by atoms with Crippen molar-refractivity contribution >= 4 is 21.4 Å². The molecule has 108 valence electrons. The topological polar surface area (TPSA) is 67.4 Å². The van der Waals surface area contributed by atoms with Gasteiger partial charge in [-0.2, -0.15) is 0 Å². The Labute approximate surface area is 118 Å². The van der Waals surface area contributed by atoms with Crippen LogP contribution in [0.3, 0.4) is 0 Å². The zero-order valence-electron chi connectivity index (χ0n) is 11.0. The van der Waals surface area contributed by atoms with Crippen molar-refractivity contribution in [1.29, 1.82) is 0 Å². The highest BCUT2D eigenvalue weighted by atomic mass is 32.2. The molecule has 0 saturated carbocycles. The fraction of sp³-hybridized carbons (Fsp3) is 0.667. The van der Waals surface area contributed by atoms with E-state index in [-0.39, 0.29) is 6.10 Å². The SMILES string of the molecule is CCNCc1ccc(S(=O)(=O)NCC2CCCO2)s1. The van der Waals surface area contributed by atoms with E-state index in [2.05, 4.69) is 10.0 Å². The monoisotopic (exact) mass is 304 g/mol. The number of hydrogen-bond acceptors (Lipinski definition) is 5. The van der Waals surface area contributed by atoms with Gasteiger partial charge in [-0.3, -0.25) is 0 Å². The molecule has 1 aromatic heterocycles. The van der Waals surface area contributed by atoms with Gasteiger partial charge in [0.05, 0.1) is 6.10 Å². The molecule has 1 aliphatic heterocycles.